The molecule has 15 heavy (non-hydrogen) atoms. The molecule has 0 bridgehead atoms. The van der Waals surface area contributed by atoms with Gasteiger partial charge in [-0.3, -0.25) is 4.79 Å². The summed E-state index contributed by atoms with van der Waals surface area (Å²) in [5, 5.41) is 8.86. The van der Waals surface area contributed by atoms with Crippen molar-refractivity contribution in [3.8, 4) is 0 Å². The maximum absolute atomic E-state index is 10.8. The molecule has 0 radical (unpaired) electrons. The number of aliphatic carboxylic acids is 1. The van der Waals surface area contributed by atoms with Gasteiger partial charge in [0, 0.05) is 4.47 Å². The predicted octanol–water partition coefficient (Wildman–Crippen LogP) is 2.51. The highest BCUT2D eigenvalue weighted by molar-refractivity contribution is 9.10. The number of benzene rings is 1. The van der Waals surface area contributed by atoms with E-state index in [9.17, 15) is 4.79 Å². The van der Waals surface area contributed by atoms with Gasteiger partial charge >= 0.3 is 5.97 Å². The number of H-pyrrole nitrogens is 1. The van der Waals surface area contributed by atoms with Gasteiger partial charge in [0.1, 0.15) is 17.3 Å². The van der Waals surface area contributed by atoms with Crippen molar-refractivity contribution < 1.29 is 9.90 Å². The van der Waals surface area contributed by atoms with Gasteiger partial charge in [0.05, 0.1) is 5.52 Å². The first-order chi connectivity index (χ1) is 7.09. The third-order valence-corrected chi connectivity index (χ3v) is 2.90. The zero-order valence-electron chi connectivity index (χ0n) is 7.99. The zero-order valence-corrected chi connectivity index (χ0v) is 9.58. The quantitative estimate of drug-likeness (QED) is 0.880. The summed E-state index contributed by atoms with van der Waals surface area (Å²) < 4.78 is 0.861. The summed E-state index contributed by atoms with van der Waals surface area (Å²) in [6, 6.07) is 5.61. The van der Waals surface area contributed by atoms with Crippen LogP contribution >= 0.6 is 15.9 Å². The zero-order chi connectivity index (χ0) is 11.0. The molecule has 0 amide bonds. The van der Waals surface area contributed by atoms with Gasteiger partial charge in [-0.1, -0.05) is 6.07 Å². The largest absolute Gasteiger partial charge is 0.481 e. The maximum Gasteiger partial charge on any atom is 0.313 e. The minimum Gasteiger partial charge on any atom is -0.481 e. The molecule has 2 aromatic rings. The van der Waals surface area contributed by atoms with Gasteiger partial charge in [0.2, 0.25) is 0 Å². The Labute approximate surface area is 94.5 Å². The number of rotatable bonds is 2. The first-order valence-electron chi connectivity index (χ1n) is 4.46. The van der Waals surface area contributed by atoms with E-state index in [0.717, 1.165) is 15.5 Å². The second-order valence-electron chi connectivity index (χ2n) is 3.32. The van der Waals surface area contributed by atoms with Crippen molar-refractivity contribution >= 4 is 32.9 Å². The molecule has 0 aliphatic carbocycles. The van der Waals surface area contributed by atoms with Gasteiger partial charge < -0.3 is 10.1 Å². The fourth-order valence-corrected chi connectivity index (χ4v) is 1.79. The van der Waals surface area contributed by atoms with Crippen molar-refractivity contribution in [2.75, 3.05) is 0 Å². The first-order valence-corrected chi connectivity index (χ1v) is 5.26. The van der Waals surface area contributed by atoms with E-state index in [1.165, 1.54) is 0 Å². The Hall–Kier alpha value is -1.36. The molecule has 2 rings (SSSR count). The number of hydrogen-bond donors (Lipinski definition) is 2. The van der Waals surface area contributed by atoms with Crippen LogP contribution in [0.15, 0.2) is 22.7 Å². The highest BCUT2D eigenvalue weighted by Gasteiger charge is 2.18. The Morgan fingerprint density at radius 1 is 1.60 bits per heavy atom. The van der Waals surface area contributed by atoms with Crippen LogP contribution in [-0.2, 0) is 4.79 Å². The van der Waals surface area contributed by atoms with Gasteiger partial charge in [-0.2, -0.15) is 0 Å². The van der Waals surface area contributed by atoms with Crippen molar-refractivity contribution in [1.82, 2.24) is 9.97 Å². The smallest absolute Gasteiger partial charge is 0.313 e. The summed E-state index contributed by atoms with van der Waals surface area (Å²) in [7, 11) is 0. The lowest BCUT2D eigenvalue weighted by atomic mass is 10.2. The SMILES string of the molecule is CC(C(=O)O)c1nc2c(Br)cccc2[nH]1. The Morgan fingerprint density at radius 3 is 2.93 bits per heavy atom. The van der Waals surface area contributed by atoms with Crippen molar-refractivity contribution in [2.24, 2.45) is 0 Å². The van der Waals surface area contributed by atoms with Crippen molar-refractivity contribution in [1.29, 1.82) is 0 Å². The minimum atomic E-state index is -0.884. The number of aromatic amines is 1. The number of carboxylic acids is 1. The molecule has 1 aromatic heterocycles. The standard InChI is InChI=1S/C10H9BrN2O2/c1-5(10(14)15)9-12-7-4-2-3-6(11)8(7)13-9/h2-5H,1H3,(H,12,13)(H,14,15). The van der Waals surface area contributed by atoms with Crippen LogP contribution in [0.2, 0.25) is 0 Å². The van der Waals surface area contributed by atoms with Gasteiger partial charge in [-0.05, 0) is 35.0 Å². The molecular weight excluding hydrogens is 260 g/mol. The van der Waals surface area contributed by atoms with Crippen molar-refractivity contribution in [2.45, 2.75) is 12.8 Å². The van der Waals surface area contributed by atoms with Crippen LogP contribution in [0.5, 0.6) is 0 Å². The maximum atomic E-state index is 10.8. The Kier molecular flexibility index (Phi) is 2.48. The van der Waals surface area contributed by atoms with Crippen molar-refractivity contribution in [3.05, 3.63) is 28.5 Å². The molecular formula is C10H9BrN2O2. The summed E-state index contributed by atoms with van der Waals surface area (Å²) in [6.45, 7) is 1.61. The number of fused-ring (bicyclic) bond motifs is 1. The molecule has 0 saturated carbocycles. The van der Waals surface area contributed by atoms with Crippen LogP contribution in [-0.4, -0.2) is 21.0 Å². The molecule has 78 valence electrons. The Bertz CT molecular complexity index is 521. The van der Waals surface area contributed by atoms with Gasteiger partial charge in [-0.15, -0.1) is 0 Å². The normalized spacial score (nSPS) is 12.9. The number of para-hydroxylation sites is 1. The number of hydrogen-bond acceptors (Lipinski definition) is 2. The lowest BCUT2D eigenvalue weighted by Crippen LogP contribution is -2.08. The second-order valence-corrected chi connectivity index (χ2v) is 4.17. The van der Waals surface area contributed by atoms with Crippen molar-refractivity contribution in [3.63, 3.8) is 0 Å². The number of nitrogens with zero attached hydrogens (tertiary/aromatic N) is 1. The van der Waals surface area contributed by atoms with E-state index in [1.54, 1.807) is 6.92 Å². The summed E-state index contributed by atoms with van der Waals surface area (Å²) in [6.07, 6.45) is 0. The lowest BCUT2D eigenvalue weighted by Gasteiger charge is -1.99. The van der Waals surface area contributed by atoms with E-state index >= 15 is 0 Å². The fraction of sp³-hybridized carbons (Fsp3) is 0.200. The van der Waals surface area contributed by atoms with E-state index in [4.69, 9.17) is 5.11 Å². The molecule has 2 N–H and O–H groups in total. The van der Waals surface area contributed by atoms with Crippen LogP contribution in [0.4, 0.5) is 0 Å². The predicted molar refractivity (Wildman–Crippen MR) is 59.8 cm³/mol. The number of carbonyl (C=O) groups is 1. The Morgan fingerprint density at radius 2 is 2.33 bits per heavy atom. The summed E-state index contributed by atoms with van der Waals surface area (Å²) in [5.41, 5.74) is 1.60. The first kappa shape index (κ1) is 10.2. The fourth-order valence-electron chi connectivity index (χ4n) is 1.34. The molecule has 0 spiro atoms. The second kappa shape index (κ2) is 3.66. The van der Waals surface area contributed by atoms with E-state index in [-0.39, 0.29) is 0 Å². The number of carboxylic acid groups (broad SMARTS) is 1. The number of aromatic nitrogens is 2. The van der Waals surface area contributed by atoms with Crippen LogP contribution < -0.4 is 0 Å². The third kappa shape index (κ3) is 1.74. The average Bonchev–Trinajstić information content (AvgIpc) is 2.61. The molecule has 5 heteroatoms. The molecule has 0 saturated heterocycles. The van der Waals surface area contributed by atoms with E-state index in [0.29, 0.717) is 5.82 Å². The van der Waals surface area contributed by atoms with E-state index in [2.05, 4.69) is 25.9 Å². The molecule has 0 aliphatic rings. The van der Waals surface area contributed by atoms with Crippen LogP contribution in [0.3, 0.4) is 0 Å². The third-order valence-electron chi connectivity index (χ3n) is 2.26. The number of nitrogens with one attached hydrogen (secondary N) is 1. The summed E-state index contributed by atoms with van der Waals surface area (Å²) in [4.78, 5) is 18.0. The molecule has 0 aliphatic heterocycles. The molecule has 1 atom stereocenters. The summed E-state index contributed by atoms with van der Waals surface area (Å²) in [5.74, 6) is -1.03. The monoisotopic (exact) mass is 268 g/mol. The van der Waals surface area contributed by atoms with Crippen LogP contribution in [0.1, 0.15) is 18.7 Å². The Balaban J connectivity index is 2.56. The average molecular weight is 269 g/mol. The molecule has 1 unspecified atom stereocenters. The van der Waals surface area contributed by atoms with Crippen LogP contribution in [0, 0.1) is 0 Å². The van der Waals surface area contributed by atoms with Gasteiger partial charge in [0.25, 0.3) is 0 Å². The van der Waals surface area contributed by atoms with Gasteiger partial charge in [-0.25, -0.2) is 4.98 Å². The minimum absolute atomic E-state index is 0.476. The molecule has 0 fully saturated rings. The lowest BCUT2D eigenvalue weighted by molar-refractivity contribution is -0.138. The molecule has 1 aromatic carbocycles. The number of halogens is 1. The van der Waals surface area contributed by atoms with Gasteiger partial charge in [0.15, 0.2) is 0 Å². The van der Waals surface area contributed by atoms with E-state index in [1.807, 2.05) is 18.2 Å². The van der Waals surface area contributed by atoms with E-state index < -0.39 is 11.9 Å². The highest BCUT2D eigenvalue weighted by atomic mass is 79.9. The highest BCUT2D eigenvalue weighted by Crippen LogP contribution is 2.24. The summed E-state index contributed by atoms with van der Waals surface area (Å²) >= 11 is 3.37. The number of imidazole rings is 1. The van der Waals surface area contributed by atoms with Crippen LogP contribution in [0.25, 0.3) is 11.0 Å². The molecule has 4 nitrogen and oxygen atoms in total. The topological polar surface area (TPSA) is 66.0 Å². The molecule has 1 heterocycles.